The Morgan fingerprint density at radius 2 is 2.00 bits per heavy atom. The van der Waals surface area contributed by atoms with Crippen LogP contribution < -0.4 is 10.1 Å². The van der Waals surface area contributed by atoms with E-state index in [2.05, 4.69) is 5.32 Å². The minimum atomic E-state index is -2.72. The third-order valence-electron chi connectivity index (χ3n) is 3.57. The number of halogens is 2. The maximum Gasteiger partial charge on any atom is 0.320 e. The van der Waals surface area contributed by atoms with Gasteiger partial charge in [-0.2, -0.15) is 0 Å². The van der Waals surface area contributed by atoms with Gasteiger partial charge in [0.15, 0.2) is 0 Å². The SMILES string of the molecule is COc1cccc([C@H](NC(CCC(C)(C)C)C(=O)O)C(F)F)c1. The minimum absolute atomic E-state index is 0.0638. The van der Waals surface area contributed by atoms with Crippen LogP contribution in [0.4, 0.5) is 8.78 Å². The van der Waals surface area contributed by atoms with Gasteiger partial charge in [0.1, 0.15) is 11.8 Å². The van der Waals surface area contributed by atoms with Crippen LogP contribution >= 0.6 is 0 Å². The van der Waals surface area contributed by atoms with Gasteiger partial charge < -0.3 is 9.84 Å². The average molecular weight is 329 g/mol. The number of benzene rings is 1. The predicted octanol–water partition coefficient (Wildman–Crippen LogP) is 3.87. The van der Waals surface area contributed by atoms with Crippen molar-refractivity contribution in [3.05, 3.63) is 29.8 Å². The third kappa shape index (κ3) is 6.52. The van der Waals surface area contributed by atoms with Crippen molar-refractivity contribution in [1.29, 1.82) is 0 Å². The highest BCUT2D eigenvalue weighted by Crippen LogP contribution is 2.27. The van der Waals surface area contributed by atoms with Crippen LogP contribution in [-0.2, 0) is 4.79 Å². The van der Waals surface area contributed by atoms with Crippen LogP contribution in [0.2, 0.25) is 0 Å². The van der Waals surface area contributed by atoms with Gasteiger partial charge in [-0.15, -0.1) is 0 Å². The number of carbonyl (C=O) groups is 1. The summed E-state index contributed by atoms with van der Waals surface area (Å²) in [6.07, 6.45) is -1.82. The number of aliphatic carboxylic acids is 1. The lowest BCUT2D eigenvalue weighted by atomic mass is 9.88. The fourth-order valence-electron chi connectivity index (χ4n) is 2.22. The molecule has 0 amide bonds. The van der Waals surface area contributed by atoms with Crippen LogP contribution in [0.1, 0.15) is 45.2 Å². The van der Waals surface area contributed by atoms with Crippen molar-refractivity contribution >= 4 is 5.97 Å². The molecular weight excluding hydrogens is 304 g/mol. The largest absolute Gasteiger partial charge is 0.497 e. The molecule has 2 N–H and O–H groups in total. The summed E-state index contributed by atoms with van der Waals surface area (Å²) in [4.78, 5) is 11.4. The highest BCUT2D eigenvalue weighted by molar-refractivity contribution is 5.73. The lowest BCUT2D eigenvalue weighted by molar-refractivity contribution is -0.140. The zero-order chi connectivity index (χ0) is 17.6. The predicted molar refractivity (Wildman–Crippen MR) is 85.0 cm³/mol. The van der Waals surface area contributed by atoms with Crippen LogP contribution in [-0.4, -0.2) is 30.7 Å². The number of hydrogen-bond donors (Lipinski definition) is 2. The molecule has 2 atom stereocenters. The van der Waals surface area contributed by atoms with Crippen molar-refractivity contribution < 1.29 is 23.4 Å². The molecule has 0 radical (unpaired) electrons. The van der Waals surface area contributed by atoms with Crippen molar-refractivity contribution in [3.8, 4) is 5.75 Å². The monoisotopic (exact) mass is 329 g/mol. The molecule has 6 heteroatoms. The molecule has 1 unspecified atom stereocenters. The van der Waals surface area contributed by atoms with Gasteiger partial charge in [-0.05, 0) is 36.0 Å². The minimum Gasteiger partial charge on any atom is -0.497 e. The molecule has 0 spiro atoms. The molecule has 0 aliphatic carbocycles. The topological polar surface area (TPSA) is 58.6 Å². The Morgan fingerprint density at radius 1 is 1.35 bits per heavy atom. The third-order valence-corrected chi connectivity index (χ3v) is 3.57. The van der Waals surface area contributed by atoms with E-state index in [-0.39, 0.29) is 11.8 Å². The van der Waals surface area contributed by atoms with E-state index < -0.39 is 24.5 Å². The summed E-state index contributed by atoms with van der Waals surface area (Å²) in [5, 5.41) is 11.9. The van der Waals surface area contributed by atoms with Crippen LogP contribution in [0.3, 0.4) is 0 Å². The van der Waals surface area contributed by atoms with E-state index in [1.165, 1.54) is 19.2 Å². The normalized spacial score (nSPS) is 14.6. The number of alkyl halides is 2. The van der Waals surface area contributed by atoms with Gasteiger partial charge in [0.25, 0.3) is 6.43 Å². The standard InChI is InChI=1S/C17H25F2NO3/c1-17(2,3)9-8-13(16(21)22)20-14(15(18)19)11-6-5-7-12(10-11)23-4/h5-7,10,13-15,20H,8-9H2,1-4H3,(H,21,22)/t13?,14-/m0/s1. The first-order valence-corrected chi connectivity index (χ1v) is 7.55. The smallest absolute Gasteiger partial charge is 0.320 e. The van der Waals surface area contributed by atoms with Crippen LogP contribution in [0.25, 0.3) is 0 Å². The molecule has 0 aromatic heterocycles. The zero-order valence-corrected chi connectivity index (χ0v) is 14.0. The first-order valence-electron chi connectivity index (χ1n) is 7.55. The number of rotatable bonds is 8. The molecule has 0 saturated heterocycles. The molecule has 0 bridgehead atoms. The molecular formula is C17H25F2NO3. The Kier molecular flexibility index (Phi) is 6.94. The summed E-state index contributed by atoms with van der Waals surface area (Å²) in [5.74, 6) is -0.667. The molecule has 1 aromatic carbocycles. The lowest BCUT2D eigenvalue weighted by Gasteiger charge is -2.26. The lowest BCUT2D eigenvalue weighted by Crippen LogP contribution is -2.42. The average Bonchev–Trinajstić information content (AvgIpc) is 2.45. The van der Waals surface area contributed by atoms with Gasteiger partial charge in [0.05, 0.1) is 13.2 Å². The quantitative estimate of drug-likeness (QED) is 0.760. The van der Waals surface area contributed by atoms with Gasteiger partial charge in [0.2, 0.25) is 0 Å². The van der Waals surface area contributed by atoms with E-state index in [1.54, 1.807) is 12.1 Å². The Labute approximate surface area is 135 Å². The van der Waals surface area contributed by atoms with Crippen LogP contribution in [0.5, 0.6) is 5.75 Å². The molecule has 130 valence electrons. The first kappa shape index (κ1) is 19.4. The summed E-state index contributed by atoms with van der Waals surface area (Å²) in [5.41, 5.74) is 0.243. The van der Waals surface area contributed by atoms with Gasteiger partial charge in [-0.3, -0.25) is 10.1 Å². The number of hydrogen-bond acceptors (Lipinski definition) is 3. The van der Waals surface area contributed by atoms with Crippen molar-refractivity contribution in [2.75, 3.05) is 7.11 Å². The number of methoxy groups -OCH3 is 1. The molecule has 1 rings (SSSR count). The van der Waals surface area contributed by atoms with Gasteiger partial charge in [-0.1, -0.05) is 32.9 Å². The number of carboxylic acid groups (broad SMARTS) is 1. The summed E-state index contributed by atoms with van der Waals surface area (Å²) < 4.78 is 31.9. The molecule has 0 aliphatic heterocycles. The number of carboxylic acids is 1. The van der Waals surface area contributed by atoms with Crippen LogP contribution in [0.15, 0.2) is 24.3 Å². The Morgan fingerprint density at radius 3 is 2.48 bits per heavy atom. The number of ether oxygens (including phenoxy) is 1. The summed E-state index contributed by atoms with van der Waals surface area (Å²) in [6.45, 7) is 5.95. The van der Waals surface area contributed by atoms with Gasteiger partial charge >= 0.3 is 5.97 Å². The number of nitrogens with one attached hydrogen (secondary N) is 1. The van der Waals surface area contributed by atoms with E-state index in [0.29, 0.717) is 17.7 Å². The molecule has 0 saturated carbocycles. The molecule has 0 aliphatic rings. The highest BCUT2D eigenvalue weighted by Gasteiger charge is 2.29. The molecule has 4 nitrogen and oxygen atoms in total. The Bertz CT molecular complexity index is 515. The fraction of sp³-hybridized carbons (Fsp3) is 0.588. The molecule has 1 aromatic rings. The maximum absolute atomic E-state index is 13.4. The molecule has 0 fully saturated rings. The van der Waals surface area contributed by atoms with E-state index in [1.807, 2.05) is 20.8 Å². The second-order valence-electron chi connectivity index (χ2n) is 6.75. The van der Waals surface area contributed by atoms with Crippen molar-refractivity contribution in [2.24, 2.45) is 5.41 Å². The summed E-state index contributed by atoms with van der Waals surface area (Å²) in [7, 11) is 1.45. The second kappa shape index (κ2) is 8.24. The van der Waals surface area contributed by atoms with Crippen molar-refractivity contribution in [3.63, 3.8) is 0 Å². The summed E-state index contributed by atoms with van der Waals surface area (Å²) >= 11 is 0. The van der Waals surface area contributed by atoms with E-state index >= 15 is 0 Å². The maximum atomic E-state index is 13.4. The van der Waals surface area contributed by atoms with Crippen molar-refractivity contribution in [1.82, 2.24) is 5.32 Å². The Balaban J connectivity index is 2.92. The zero-order valence-electron chi connectivity index (χ0n) is 14.0. The van der Waals surface area contributed by atoms with Crippen LogP contribution in [0, 0.1) is 5.41 Å². The van der Waals surface area contributed by atoms with E-state index in [4.69, 9.17) is 4.74 Å². The highest BCUT2D eigenvalue weighted by atomic mass is 19.3. The second-order valence-corrected chi connectivity index (χ2v) is 6.75. The molecule has 0 heterocycles. The van der Waals surface area contributed by atoms with Crippen molar-refractivity contribution in [2.45, 2.75) is 52.1 Å². The first-order chi connectivity index (χ1) is 10.6. The van der Waals surface area contributed by atoms with Gasteiger partial charge in [-0.25, -0.2) is 8.78 Å². The van der Waals surface area contributed by atoms with E-state index in [9.17, 15) is 18.7 Å². The molecule has 23 heavy (non-hydrogen) atoms. The van der Waals surface area contributed by atoms with E-state index in [0.717, 1.165) is 0 Å². The fourth-order valence-corrected chi connectivity index (χ4v) is 2.22. The summed E-state index contributed by atoms with van der Waals surface area (Å²) in [6, 6.07) is 3.91. The Hall–Kier alpha value is -1.69. The van der Waals surface area contributed by atoms with Gasteiger partial charge in [0, 0.05) is 0 Å².